The van der Waals surface area contributed by atoms with E-state index >= 15 is 0 Å². The number of hydrogen-bond acceptors (Lipinski definition) is 4. The van der Waals surface area contributed by atoms with Crippen LogP contribution in [-0.2, 0) is 7.05 Å². The highest BCUT2D eigenvalue weighted by Gasteiger charge is 2.29. The number of nitrogens with zero attached hydrogens (tertiary/aromatic N) is 5. The molecule has 2 saturated heterocycles. The van der Waals surface area contributed by atoms with Crippen molar-refractivity contribution in [3.8, 4) is 0 Å². The van der Waals surface area contributed by atoms with Gasteiger partial charge in [0.2, 0.25) is 0 Å². The summed E-state index contributed by atoms with van der Waals surface area (Å²) in [4.78, 5) is 22.7. The normalized spacial score (nSPS) is 22.1. The van der Waals surface area contributed by atoms with Gasteiger partial charge < -0.3 is 9.80 Å². The summed E-state index contributed by atoms with van der Waals surface area (Å²) in [6.45, 7) is 11.6. The lowest BCUT2D eigenvalue weighted by Crippen LogP contribution is -2.45. The third-order valence-corrected chi connectivity index (χ3v) is 6.53. The Morgan fingerprint density at radius 2 is 1.93 bits per heavy atom. The van der Waals surface area contributed by atoms with Gasteiger partial charge in [-0.3, -0.25) is 9.48 Å². The lowest BCUT2D eigenvalue weighted by molar-refractivity contribution is 0.0624. The molecule has 6 nitrogen and oxygen atoms in total. The Morgan fingerprint density at radius 1 is 1.18 bits per heavy atom. The topological polar surface area (TPSA) is 54.3 Å². The number of likely N-dealkylation sites (tertiary alicyclic amines) is 2. The van der Waals surface area contributed by atoms with Crippen LogP contribution in [-0.4, -0.2) is 63.2 Å². The largest absolute Gasteiger partial charge is 0.338 e. The van der Waals surface area contributed by atoms with E-state index in [4.69, 9.17) is 0 Å². The minimum atomic E-state index is 0.142. The number of rotatable bonds is 3. The van der Waals surface area contributed by atoms with Crippen molar-refractivity contribution in [2.24, 2.45) is 18.9 Å². The zero-order valence-electron chi connectivity index (χ0n) is 17.7. The number of carbonyl (C=O) groups is 1. The van der Waals surface area contributed by atoms with Gasteiger partial charge in [0.05, 0.1) is 16.6 Å². The van der Waals surface area contributed by atoms with Crippen LogP contribution in [0, 0.1) is 25.7 Å². The van der Waals surface area contributed by atoms with E-state index in [0.717, 1.165) is 60.0 Å². The summed E-state index contributed by atoms with van der Waals surface area (Å²) < 4.78 is 1.78. The van der Waals surface area contributed by atoms with E-state index in [9.17, 15) is 4.79 Å². The molecule has 2 aliphatic heterocycles. The first-order chi connectivity index (χ1) is 13.4. The van der Waals surface area contributed by atoms with Crippen molar-refractivity contribution in [3.63, 3.8) is 0 Å². The maximum absolute atomic E-state index is 13.5. The summed E-state index contributed by atoms with van der Waals surface area (Å²) in [5.41, 5.74) is 3.32. The zero-order valence-corrected chi connectivity index (χ0v) is 17.7. The van der Waals surface area contributed by atoms with Crippen LogP contribution >= 0.6 is 0 Å². The minimum Gasteiger partial charge on any atom is -0.338 e. The maximum Gasteiger partial charge on any atom is 0.254 e. The second-order valence-electron chi connectivity index (χ2n) is 8.96. The van der Waals surface area contributed by atoms with Crippen molar-refractivity contribution in [3.05, 3.63) is 23.0 Å². The van der Waals surface area contributed by atoms with Crippen LogP contribution in [0.3, 0.4) is 0 Å². The molecular weight excluding hydrogens is 350 g/mol. The van der Waals surface area contributed by atoms with E-state index in [1.165, 1.54) is 32.4 Å². The number of fused-ring (bicyclic) bond motifs is 1. The second kappa shape index (κ2) is 7.82. The van der Waals surface area contributed by atoms with Crippen LogP contribution in [0.5, 0.6) is 0 Å². The second-order valence-corrected chi connectivity index (χ2v) is 8.96. The molecule has 1 unspecified atom stereocenters. The third kappa shape index (κ3) is 3.79. The first-order valence-corrected chi connectivity index (χ1v) is 10.7. The van der Waals surface area contributed by atoms with Gasteiger partial charge in [0.15, 0.2) is 5.65 Å². The Kier molecular flexibility index (Phi) is 5.41. The monoisotopic (exact) mass is 383 g/mol. The summed E-state index contributed by atoms with van der Waals surface area (Å²) >= 11 is 0. The Morgan fingerprint density at radius 3 is 2.68 bits per heavy atom. The number of aromatic nitrogens is 3. The predicted molar refractivity (Wildman–Crippen MR) is 111 cm³/mol. The van der Waals surface area contributed by atoms with E-state index in [1.807, 2.05) is 27.0 Å². The average molecular weight is 384 g/mol. The molecule has 2 aliphatic rings. The van der Waals surface area contributed by atoms with Crippen LogP contribution in [0.15, 0.2) is 6.07 Å². The molecule has 0 bridgehead atoms. The van der Waals surface area contributed by atoms with Gasteiger partial charge in [-0.05, 0) is 70.5 Å². The van der Waals surface area contributed by atoms with Crippen molar-refractivity contribution in [2.45, 2.75) is 46.5 Å². The van der Waals surface area contributed by atoms with E-state index in [2.05, 4.69) is 26.8 Å². The summed E-state index contributed by atoms with van der Waals surface area (Å²) in [7, 11) is 1.90. The first kappa shape index (κ1) is 19.4. The zero-order chi connectivity index (χ0) is 19.8. The molecule has 4 heterocycles. The number of hydrogen-bond donors (Lipinski definition) is 0. The van der Waals surface area contributed by atoms with Crippen LogP contribution < -0.4 is 0 Å². The number of carbonyl (C=O) groups excluding carboxylic acids is 1. The highest BCUT2D eigenvalue weighted by Crippen LogP contribution is 2.26. The lowest BCUT2D eigenvalue weighted by Gasteiger charge is -2.38. The molecule has 1 atom stereocenters. The molecule has 2 fully saturated rings. The average Bonchev–Trinajstić information content (AvgIpc) is 2.96. The lowest BCUT2D eigenvalue weighted by atomic mass is 9.94. The molecule has 152 valence electrons. The maximum atomic E-state index is 13.5. The van der Waals surface area contributed by atoms with Crippen LogP contribution in [0.25, 0.3) is 11.0 Å². The SMILES string of the molecule is Cc1cc(C(=O)N2CCCC(CN3CCC(C)CC3)C2)c2c(C)nn(C)c2n1. The summed E-state index contributed by atoms with van der Waals surface area (Å²) in [6, 6.07) is 1.94. The molecule has 2 aromatic heterocycles. The molecule has 28 heavy (non-hydrogen) atoms. The summed E-state index contributed by atoms with van der Waals surface area (Å²) in [6.07, 6.45) is 4.94. The molecule has 0 N–H and O–H groups in total. The van der Waals surface area contributed by atoms with Gasteiger partial charge >= 0.3 is 0 Å². The van der Waals surface area contributed by atoms with Gasteiger partial charge in [0.25, 0.3) is 5.91 Å². The molecule has 2 aromatic rings. The van der Waals surface area contributed by atoms with Crippen molar-refractivity contribution in [2.75, 3.05) is 32.7 Å². The summed E-state index contributed by atoms with van der Waals surface area (Å²) in [5, 5.41) is 5.40. The van der Waals surface area contributed by atoms with Gasteiger partial charge in [0, 0.05) is 32.4 Å². The Balaban J connectivity index is 1.51. The van der Waals surface area contributed by atoms with E-state index in [-0.39, 0.29) is 5.91 Å². The van der Waals surface area contributed by atoms with Gasteiger partial charge in [-0.15, -0.1) is 0 Å². The van der Waals surface area contributed by atoms with Gasteiger partial charge in [-0.25, -0.2) is 4.98 Å². The molecule has 0 radical (unpaired) electrons. The fraction of sp³-hybridized carbons (Fsp3) is 0.682. The highest BCUT2D eigenvalue weighted by molar-refractivity contribution is 6.06. The van der Waals surface area contributed by atoms with Crippen LogP contribution in [0.1, 0.15) is 54.4 Å². The van der Waals surface area contributed by atoms with E-state index in [1.54, 1.807) is 4.68 Å². The number of aryl methyl sites for hydroxylation is 3. The molecule has 0 saturated carbocycles. The minimum absolute atomic E-state index is 0.142. The van der Waals surface area contributed by atoms with Crippen molar-refractivity contribution in [1.29, 1.82) is 0 Å². The number of amides is 1. The Labute approximate surface area is 167 Å². The van der Waals surface area contributed by atoms with E-state index in [0.29, 0.717) is 5.92 Å². The molecule has 4 rings (SSSR count). The molecule has 0 aromatic carbocycles. The van der Waals surface area contributed by atoms with E-state index < -0.39 is 0 Å². The molecule has 0 aliphatic carbocycles. The van der Waals surface area contributed by atoms with Gasteiger partial charge in [0.1, 0.15) is 0 Å². The third-order valence-electron chi connectivity index (χ3n) is 6.53. The quantitative estimate of drug-likeness (QED) is 0.817. The van der Waals surface area contributed by atoms with Gasteiger partial charge in [-0.1, -0.05) is 6.92 Å². The fourth-order valence-corrected chi connectivity index (χ4v) is 4.92. The van der Waals surface area contributed by atoms with Crippen molar-refractivity contribution in [1.82, 2.24) is 24.6 Å². The highest BCUT2D eigenvalue weighted by atomic mass is 16.2. The molecule has 1 amide bonds. The van der Waals surface area contributed by atoms with Crippen LogP contribution in [0.4, 0.5) is 0 Å². The fourth-order valence-electron chi connectivity index (χ4n) is 4.92. The standard InChI is InChI=1S/C22H33N5O/c1-15-7-10-26(11-8-15)13-18-6-5-9-27(14-18)22(28)19-12-16(2)23-21-20(19)17(3)24-25(21)4/h12,15,18H,5-11,13-14H2,1-4H3. The molecule has 6 heteroatoms. The summed E-state index contributed by atoms with van der Waals surface area (Å²) in [5.74, 6) is 1.59. The van der Waals surface area contributed by atoms with Crippen LogP contribution in [0.2, 0.25) is 0 Å². The molecular formula is C22H33N5O. The number of pyridine rings is 1. The number of piperidine rings is 2. The van der Waals surface area contributed by atoms with Crippen molar-refractivity contribution >= 4 is 16.9 Å². The Bertz CT molecular complexity index is 865. The smallest absolute Gasteiger partial charge is 0.254 e. The first-order valence-electron chi connectivity index (χ1n) is 10.7. The van der Waals surface area contributed by atoms with Crippen molar-refractivity contribution < 1.29 is 4.79 Å². The Hall–Kier alpha value is -1.95. The van der Waals surface area contributed by atoms with Gasteiger partial charge in [-0.2, -0.15) is 5.10 Å². The molecule has 0 spiro atoms. The predicted octanol–water partition coefficient (Wildman–Crippen LogP) is 3.17.